The Labute approximate surface area is 110 Å². The van der Waals surface area contributed by atoms with Gasteiger partial charge in [0, 0.05) is 11.0 Å². The minimum atomic E-state index is -0.435. The number of rotatable bonds is 4. The minimum absolute atomic E-state index is 0. The Morgan fingerprint density at radius 1 is 1.44 bits per heavy atom. The van der Waals surface area contributed by atoms with E-state index < -0.39 is 6.04 Å². The Balaban J connectivity index is 0.00000225. The third-order valence-corrected chi connectivity index (χ3v) is 2.57. The summed E-state index contributed by atoms with van der Waals surface area (Å²) in [5.41, 5.74) is 6.61. The van der Waals surface area contributed by atoms with Gasteiger partial charge in [-0.25, -0.2) is 0 Å². The molecule has 0 aliphatic heterocycles. The van der Waals surface area contributed by atoms with Gasteiger partial charge in [0.25, 0.3) is 0 Å². The van der Waals surface area contributed by atoms with Gasteiger partial charge >= 0.3 is 0 Å². The molecule has 0 fully saturated rings. The van der Waals surface area contributed by atoms with Crippen molar-refractivity contribution in [2.75, 3.05) is 6.54 Å². The van der Waals surface area contributed by atoms with E-state index in [4.69, 9.17) is 5.73 Å². The Hall–Kier alpha value is -0.580. The van der Waals surface area contributed by atoms with Gasteiger partial charge in [-0.3, -0.25) is 4.79 Å². The second-order valence-electron chi connectivity index (χ2n) is 3.46. The minimum Gasteiger partial charge on any atom is -0.354 e. The molecule has 1 rings (SSSR count). The maximum atomic E-state index is 11.1. The molecule has 1 aromatic carbocycles. The highest BCUT2D eigenvalue weighted by Crippen LogP contribution is 2.10. The normalized spacial score (nSPS) is 11.4. The van der Waals surface area contributed by atoms with E-state index in [1.54, 1.807) is 6.92 Å². The highest BCUT2D eigenvalue weighted by Gasteiger charge is 2.05. The van der Waals surface area contributed by atoms with Crippen LogP contribution >= 0.6 is 28.3 Å². The largest absolute Gasteiger partial charge is 0.354 e. The van der Waals surface area contributed by atoms with Crippen LogP contribution in [0.15, 0.2) is 28.7 Å². The molecular formula is C11H16BrClN2O. The van der Waals surface area contributed by atoms with Crippen LogP contribution in [0.1, 0.15) is 12.5 Å². The number of amides is 1. The number of nitrogens with one attached hydrogen (secondary N) is 1. The summed E-state index contributed by atoms with van der Waals surface area (Å²) in [6.45, 7) is 2.30. The summed E-state index contributed by atoms with van der Waals surface area (Å²) in [4.78, 5) is 11.1. The maximum absolute atomic E-state index is 11.1. The number of carbonyl (C=O) groups excluding carboxylic acids is 1. The van der Waals surface area contributed by atoms with Crippen molar-refractivity contribution in [1.29, 1.82) is 0 Å². The molecule has 0 aliphatic rings. The van der Waals surface area contributed by atoms with Gasteiger partial charge in [-0.1, -0.05) is 28.1 Å². The first-order valence-electron chi connectivity index (χ1n) is 4.87. The fourth-order valence-corrected chi connectivity index (χ4v) is 1.41. The molecule has 16 heavy (non-hydrogen) atoms. The molecule has 0 aromatic heterocycles. The Kier molecular flexibility index (Phi) is 7.38. The third kappa shape index (κ3) is 5.49. The lowest BCUT2D eigenvalue weighted by molar-refractivity contribution is -0.121. The fourth-order valence-electron chi connectivity index (χ4n) is 1.14. The van der Waals surface area contributed by atoms with Crippen LogP contribution in [0, 0.1) is 0 Å². The van der Waals surface area contributed by atoms with Crippen molar-refractivity contribution in [2.45, 2.75) is 19.4 Å². The highest BCUT2D eigenvalue weighted by atomic mass is 79.9. The highest BCUT2D eigenvalue weighted by molar-refractivity contribution is 9.10. The van der Waals surface area contributed by atoms with Crippen molar-refractivity contribution in [3.8, 4) is 0 Å². The van der Waals surface area contributed by atoms with E-state index in [2.05, 4.69) is 21.2 Å². The van der Waals surface area contributed by atoms with E-state index in [0.717, 1.165) is 10.9 Å². The number of carbonyl (C=O) groups is 1. The van der Waals surface area contributed by atoms with Crippen LogP contribution in [0.2, 0.25) is 0 Å². The van der Waals surface area contributed by atoms with Gasteiger partial charge in [0.15, 0.2) is 0 Å². The molecule has 3 nitrogen and oxygen atoms in total. The van der Waals surface area contributed by atoms with Crippen LogP contribution < -0.4 is 11.1 Å². The van der Waals surface area contributed by atoms with Gasteiger partial charge in [-0.15, -0.1) is 12.4 Å². The second kappa shape index (κ2) is 7.65. The van der Waals surface area contributed by atoms with Crippen molar-refractivity contribution in [2.24, 2.45) is 5.73 Å². The zero-order valence-electron chi connectivity index (χ0n) is 9.07. The molecule has 0 radical (unpaired) electrons. The van der Waals surface area contributed by atoms with Crippen LogP contribution in [-0.2, 0) is 11.2 Å². The van der Waals surface area contributed by atoms with Gasteiger partial charge < -0.3 is 11.1 Å². The van der Waals surface area contributed by atoms with E-state index in [1.807, 2.05) is 24.3 Å². The van der Waals surface area contributed by atoms with Gasteiger partial charge in [-0.05, 0) is 31.0 Å². The molecular weight excluding hydrogens is 291 g/mol. The second-order valence-corrected chi connectivity index (χ2v) is 4.37. The van der Waals surface area contributed by atoms with Gasteiger partial charge in [-0.2, -0.15) is 0 Å². The molecule has 0 heterocycles. The number of hydrogen-bond donors (Lipinski definition) is 2. The van der Waals surface area contributed by atoms with Crippen LogP contribution in [0.25, 0.3) is 0 Å². The zero-order valence-corrected chi connectivity index (χ0v) is 11.5. The Morgan fingerprint density at radius 2 is 2.00 bits per heavy atom. The SMILES string of the molecule is C[C@H](N)C(=O)NCCc1ccc(Br)cc1.Cl. The molecule has 0 saturated heterocycles. The average molecular weight is 308 g/mol. The molecule has 0 unspecified atom stereocenters. The predicted molar refractivity (Wildman–Crippen MR) is 71.8 cm³/mol. The Morgan fingerprint density at radius 3 is 2.50 bits per heavy atom. The lowest BCUT2D eigenvalue weighted by Gasteiger charge is -2.07. The lowest BCUT2D eigenvalue weighted by atomic mass is 10.1. The first-order chi connectivity index (χ1) is 7.09. The molecule has 0 spiro atoms. The summed E-state index contributed by atoms with van der Waals surface area (Å²) < 4.78 is 1.06. The van der Waals surface area contributed by atoms with Gasteiger partial charge in [0.1, 0.15) is 0 Å². The van der Waals surface area contributed by atoms with Crippen LogP contribution in [-0.4, -0.2) is 18.5 Å². The molecule has 0 aliphatic carbocycles. The molecule has 3 N–H and O–H groups in total. The standard InChI is InChI=1S/C11H15BrN2O.ClH/c1-8(13)11(15)14-7-6-9-2-4-10(12)5-3-9;/h2-5,8H,6-7,13H2,1H3,(H,14,15);1H/t8-;/m0./s1. The topological polar surface area (TPSA) is 55.1 Å². The maximum Gasteiger partial charge on any atom is 0.236 e. The van der Waals surface area contributed by atoms with Crippen molar-refractivity contribution in [3.05, 3.63) is 34.3 Å². The van der Waals surface area contributed by atoms with Crippen LogP contribution in [0.5, 0.6) is 0 Å². The third-order valence-electron chi connectivity index (χ3n) is 2.04. The summed E-state index contributed by atoms with van der Waals surface area (Å²) in [6.07, 6.45) is 0.825. The van der Waals surface area contributed by atoms with Gasteiger partial charge in [0.05, 0.1) is 6.04 Å². The molecule has 1 aromatic rings. The zero-order chi connectivity index (χ0) is 11.3. The van der Waals surface area contributed by atoms with E-state index in [-0.39, 0.29) is 18.3 Å². The summed E-state index contributed by atoms with van der Waals surface area (Å²) in [6, 6.07) is 7.60. The molecule has 90 valence electrons. The number of hydrogen-bond acceptors (Lipinski definition) is 2. The monoisotopic (exact) mass is 306 g/mol. The summed E-state index contributed by atoms with van der Waals surface area (Å²) in [7, 11) is 0. The molecule has 0 saturated carbocycles. The summed E-state index contributed by atoms with van der Waals surface area (Å²) in [5, 5.41) is 2.77. The van der Waals surface area contributed by atoms with Crippen molar-refractivity contribution >= 4 is 34.2 Å². The van der Waals surface area contributed by atoms with Crippen molar-refractivity contribution < 1.29 is 4.79 Å². The average Bonchev–Trinajstić information content (AvgIpc) is 2.20. The number of benzene rings is 1. The quantitative estimate of drug-likeness (QED) is 0.892. The van der Waals surface area contributed by atoms with Crippen LogP contribution in [0.4, 0.5) is 0 Å². The van der Waals surface area contributed by atoms with E-state index in [1.165, 1.54) is 5.56 Å². The first-order valence-corrected chi connectivity index (χ1v) is 5.66. The van der Waals surface area contributed by atoms with Gasteiger partial charge in [0.2, 0.25) is 5.91 Å². The summed E-state index contributed by atoms with van der Waals surface area (Å²) >= 11 is 3.37. The molecule has 0 bridgehead atoms. The smallest absolute Gasteiger partial charge is 0.236 e. The molecule has 5 heteroatoms. The number of nitrogens with two attached hydrogens (primary N) is 1. The van der Waals surface area contributed by atoms with E-state index in [9.17, 15) is 4.79 Å². The van der Waals surface area contributed by atoms with Crippen molar-refractivity contribution in [1.82, 2.24) is 5.32 Å². The summed E-state index contributed by atoms with van der Waals surface area (Å²) in [5.74, 6) is -0.105. The molecule has 1 amide bonds. The van der Waals surface area contributed by atoms with Crippen molar-refractivity contribution in [3.63, 3.8) is 0 Å². The number of halogens is 2. The van der Waals surface area contributed by atoms with E-state index in [0.29, 0.717) is 6.54 Å². The van der Waals surface area contributed by atoms with Crippen LogP contribution in [0.3, 0.4) is 0 Å². The fraction of sp³-hybridized carbons (Fsp3) is 0.364. The molecule has 1 atom stereocenters. The lowest BCUT2D eigenvalue weighted by Crippen LogP contribution is -2.39. The van der Waals surface area contributed by atoms with E-state index >= 15 is 0 Å². The first kappa shape index (κ1) is 15.4. The Bertz CT molecular complexity index is 327. The predicted octanol–water partition coefficient (Wildman–Crippen LogP) is 1.88.